The van der Waals surface area contributed by atoms with Crippen LogP contribution in [0.2, 0.25) is 0 Å². The molecule has 0 heterocycles. The number of hydrogen-bond acceptors (Lipinski definition) is 4. The Labute approximate surface area is 192 Å². The Morgan fingerprint density at radius 1 is 1.09 bits per heavy atom. The van der Waals surface area contributed by atoms with Crippen molar-refractivity contribution in [3.8, 4) is 11.8 Å². The highest BCUT2D eigenvalue weighted by Crippen LogP contribution is 2.37. The van der Waals surface area contributed by atoms with Crippen LogP contribution in [-0.4, -0.2) is 12.5 Å². The number of ether oxygens (including phenoxy) is 1. The van der Waals surface area contributed by atoms with Crippen molar-refractivity contribution in [2.45, 2.75) is 39.2 Å². The highest BCUT2D eigenvalue weighted by molar-refractivity contribution is 5.97. The number of nitrogens with one attached hydrogen (secondary N) is 2. The topological polar surface area (TPSA) is 74.1 Å². The zero-order chi connectivity index (χ0) is 25.7. The van der Waals surface area contributed by atoms with Gasteiger partial charge < -0.3 is 15.4 Å². The van der Waals surface area contributed by atoms with Crippen LogP contribution in [-0.2, 0) is 17.1 Å². The molecule has 2 aromatic rings. The highest BCUT2D eigenvalue weighted by atomic mass is 19.4. The maximum absolute atomic E-state index is 13.0. The zero-order valence-corrected chi connectivity index (χ0v) is 18.4. The molecule has 1 atom stereocenters. The summed E-state index contributed by atoms with van der Waals surface area (Å²) >= 11 is 0. The van der Waals surface area contributed by atoms with Crippen LogP contribution in [0.1, 0.15) is 42.1 Å². The van der Waals surface area contributed by atoms with Gasteiger partial charge in [0.1, 0.15) is 17.4 Å². The van der Waals surface area contributed by atoms with Gasteiger partial charge in [-0.15, -0.1) is 0 Å². The Balaban J connectivity index is 2.29. The second-order valence-corrected chi connectivity index (χ2v) is 7.28. The molecule has 0 aliphatic heterocycles. The van der Waals surface area contributed by atoms with Crippen molar-refractivity contribution in [3.05, 3.63) is 70.4 Å². The zero-order valence-electron chi connectivity index (χ0n) is 18.4. The van der Waals surface area contributed by atoms with E-state index in [0.29, 0.717) is 30.1 Å². The number of nitriles is 1. The SMILES string of the molecule is CCOc1ccc(C)cc1C(C)NC(=O)/C(C#N)=C\Nc1cc(C(F)(F)F)cc(C(F)(F)F)c1. The molecule has 0 fully saturated rings. The summed E-state index contributed by atoms with van der Waals surface area (Å²) in [5.41, 5.74) is -2.68. The number of alkyl halides is 6. The lowest BCUT2D eigenvalue weighted by Crippen LogP contribution is -2.28. The number of anilines is 1. The van der Waals surface area contributed by atoms with Crippen molar-refractivity contribution in [3.63, 3.8) is 0 Å². The van der Waals surface area contributed by atoms with Crippen LogP contribution in [0.15, 0.2) is 48.2 Å². The van der Waals surface area contributed by atoms with E-state index in [2.05, 4.69) is 10.6 Å². The van der Waals surface area contributed by atoms with Crippen molar-refractivity contribution in [1.29, 1.82) is 5.26 Å². The lowest BCUT2D eigenvalue weighted by molar-refractivity contribution is -0.143. The molecule has 2 rings (SSSR count). The van der Waals surface area contributed by atoms with Crippen molar-refractivity contribution in [2.24, 2.45) is 0 Å². The van der Waals surface area contributed by atoms with Crippen LogP contribution in [0, 0.1) is 18.3 Å². The van der Waals surface area contributed by atoms with Crippen LogP contribution in [0.3, 0.4) is 0 Å². The quantitative estimate of drug-likeness (QED) is 0.281. The largest absolute Gasteiger partial charge is 0.494 e. The van der Waals surface area contributed by atoms with E-state index in [0.717, 1.165) is 11.8 Å². The molecule has 5 nitrogen and oxygen atoms in total. The number of hydrogen-bond donors (Lipinski definition) is 2. The van der Waals surface area contributed by atoms with Gasteiger partial charge in [0.05, 0.1) is 23.8 Å². The second-order valence-electron chi connectivity index (χ2n) is 7.28. The Bertz CT molecular complexity index is 1080. The molecule has 1 amide bonds. The minimum absolute atomic E-state index is 0.0215. The smallest absolute Gasteiger partial charge is 0.416 e. The average Bonchev–Trinajstić information content (AvgIpc) is 2.74. The normalized spacial score (nSPS) is 13.1. The Morgan fingerprint density at radius 3 is 2.18 bits per heavy atom. The maximum Gasteiger partial charge on any atom is 0.416 e. The third kappa shape index (κ3) is 6.91. The van der Waals surface area contributed by atoms with E-state index in [9.17, 15) is 36.4 Å². The number of halogens is 6. The van der Waals surface area contributed by atoms with Crippen LogP contribution in [0.25, 0.3) is 0 Å². The van der Waals surface area contributed by atoms with Gasteiger partial charge in [-0.2, -0.15) is 31.6 Å². The summed E-state index contributed by atoms with van der Waals surface area (Å²) in [6.07, 6.45) is -9.31. The Hall–Kier alpha value is -3.68. The van der Waals surface area contributed by atoms with E-state index in [4.69, 9.17) is 4.74 Å². The Kier molecular flexibility index (Phi) is 8.21. The number of rotatable bonds is 7. The summed E-state index contributed by atoms with van der Waals surface area (Å²) in [5, 5.41) is 14.1. The first-order chi connectivity index (χ1) is 15.8. The molecule has 1 unspecified atom stereocenters. The summed E-state index contributed by atoms with van der Waals surface area (Å²) in [5.74, 6) is -0.361. The summed E-state index contributed by atoms with van der Waals surface area (Å²) in [6.45, 7) is 5.64. The molecule has 0 saturated carbocycles. The van der Waals surface area contributed by atoms with Gasteiger partial charge in [-0.25, -0.2) is 0 Å². The molecule has 34 heavy (non-hydrogen) atoms. The van der Waals surface area contributed by atoms with Crippen LogP contribution < -0.4 is 15.4 Å². The average molecular weight is 485 g/mol. The fourth-order valence-corrected chi connectivity index (χ4v) is 2.99. The molecule has 0 bridgehead atoms. The molecular weight excluding hydrogens is 464 g/mol. The Morgan fingerprint density at radius 2 is 1.68 bits per heavy atom. The molecule has 2 aromatic carbocycles. The molecule has 182 valence electrons. The van der Waals surface area contributed by atoms with E-state index in [1.54, 1.807) is 32.0 Å². The standard InChI is InChI=1S/C23H21F6N3O2/c1-4-34-20-6-5-13(2)7-19(20)14(3)32-21(33)15(11-30)12-31-18-9-16(22(24,25)26)8-17(10-18)23(27,28)29/h5-10,12,14,31H,4H2,1-3H3,(H,32,33)/b15-12-. The summed E-state index contributed by atoms with van der Waals surface area (Å²) in [7, 11) is 0. The predicted molar refractivity (Wildman–Crippen MR) is 113 cm³/mol. The van der Waals surface area contributed by atoms with Crippen LogP contribution in [0.4, 0.5) is 32.0 Å². The fourth-order valence-electron chi connectivity index (χ4n) is 2.99. The molecule has 0 aliphatic carbocycles. The first kappa shape index (κ1) is 26.6. The van der Waals surface area contributed by atoms with Crippen molar-refractivity contribution < 1.29 is 35.9 Å². The summed E-state index contributed by atoms with van der Waals surface area (Å²) in [6, 6.07) is 7.17. The van der Waals surface area contributed by atoms with Gasteiger partial charge in [0.25, 0.3) is 5.91 Å². The van der Waals surface area contributed by atoms with Crippen molar-refractivity contribution in [1.82, 2.24) is 5.32 Å². The molecule has 2 N–H and O–H groups in total. The van der Waals surface area contributed by atoms with Crippen LogP contribution >= 0.6 is 0 Å². The number of benzene rings is 2. The van der Waals surface area contributed by atoms with Gasteiger partial charge in [-0.05, 0) is 45.0 Å². The van der Waals surface area contributed by atoms with E-state index in [1.165, 1.54) is 0 Å². The van der Waals surface area contributed by atoms with Crippen molar-refractivity contribution >= 4 is 11.6 Å². The van der Waals surface area contributed by atoms with Crippen LogP contribution in [0.5, 0.6) is 5.75 Å². The maximum atomic E-state index is 13.0. The highest BCUT2D eigenvalue weighted by Gasteiger charge is 2.36. The molecule has 11 heteroatoms. The predicted octanol–water partition coefficient (Wildman–Crippen LogP) is 6.13. The molecule has 0 spiro atoms. The fraction of sp³-hybridized carbons (Fsp3) is 0.304. The van der Waals surface area contributed by atoms with Gasteiger partial charge in [-0.1, -0.05) is 17.7 Å². The number of aryl methyl sites for hydroxylation is 1. The molecular formula is C23H21F6N3O2. The summed E-state index contributed by atoms with van der Waals surface area (Å²) < 4.78 is 83.6. The third-order valence-electron chi connectivity index (χ3n) is 4.62. The first-order valence-corrected chi connectivity index (χ1v) is 9.96. The van der Waals surface area contributed by atoms with Gasteiger partial charge in [0.2, 0.25) is 0 Å². The molecule has 0 radical (unpaired) electrons. The summed E-state index contributed by atoms with van der Waals surface area (Å²) in [4.78, 5) is 12.5. The third-order valence-corrected chi connectivity index (χ3v) is 4.62. The van der Waals surface area contributed by atoms with Crippen molar-refractivity contribution in [2.75, 3.05) is 11.9 Å². The van der Waals surface area contributed by atoms with Gasteiger partial charge >= 0.3 is 12.4 Å². The number of carbonyl (C=O) groups excluding carboxylic acids is 1. The molecule has 0 aromatic heterocycles. The first-order valence-electron chi connectivity index (χ1n) is 9.96. The van der Waals surface area contributed by atoms with Gasteiger partial charge in [-0.3, -0.25) is 4.79 Å². The molecule has 0 aliphatic rings. The van der Waals surface area contributed by atoms with Gasteiger partial charge in [0.15, 0.2) is 0 Å². The lowest BCUT2D eigenvalue weighted by atomic mass is 10.0. The lowest BCUT2D eigenvalue weighted by Gasteiger charge is -2.18. The molecule has 0 saturated heterocycles. The number of carbonyl (C=O) groups is 1. The van der Waals surface area contributed by atoms with E-state index >= 15 is 0 Å². The number of nitrogens with zero attached hydrogens (tertiary/aromatic N) is 1. The monoisotopic (exact) mass is 485 g/mol. The minimum atomic E-state index is -5.03. The van der Waals surface area contributed by atoms with E-state index in [-0.39, 0.29) is 6.07 Å². The van der Waals surface area contributed by atoms with E-state index < -0.39 is 46.7 Å². The minimum Gasteiger partial charge on any atom is -0.494 e. The van der Waals surface area contributed by atoms with Gasteiger partial charge in [0, 0.05) is 17.5 Å². The number of amides is 1. The van der Waals surface area contributed by atoms with E-state index in [1.807, 2.05) is 13.0 Å². The second kappa shape index (κ2) is 10.5.